The Kier molecular flexibility index (Phi) is 5.11. The molecule has 5 heteroatoms. The van der Waals surface area contributed by atoms with Crippen LogP contribution in [-0.2, 0) is 9.57 Å². The van der Waals surface area contributed by atoms with Gasteiger partial charge < -0.3 is 14.5 Å². The van der Waals surface area contributed by atoms with E-state index in [0.29, 0.717) is 13.1 Å². The van der Waals surface area contributed by atoms with Gasteiger partial charge in [-0.3, -0.25) is 0 Å². The molecule has 1 aliphatic heterocycles. The smallest absolute Gasteiger partial charge is 0.410 e. The van der Waals surface area contributed by atoms with Crippen LogP contribution < -0.4 is 0 Å². The molecule has 0 N–H and O–H groups in total. The molecule has 0 saturated carbocycles. The van der Waals surface area contributed by atoms with E-state index in [1.807, 2.05) is 6.08 Å². The molecule has 0 spiro atoms. The highest BCUT2D eigenvalue weighted by Crippen LogP contribution is 2.09. The first-order valence-electron chi connectivity index (χ1n) is 5.06. The van der Waals surface area contributed by atoms with Gasteiger partial charge >= 0.3 is 6.09 Å². The molecule has 0 atom stereocenters. The van der Waals surface area contributed by atoms with Gasteiger partial charge in [0.2, 0.25) is 0 Å². The van der Waals surface area contributed by atoms with Gasteiger partial charge in [-0.1, -0.05) is 23.9 Å². The molecule has 1 rings (SSSR count). The van der Waals surface area contributed by atoms with Gasteiger partial charge in [-0.05, 0) is 12.0 Å². The van der Waals surface area contributed by atoms with Gasteiger partial charge in [-0.25, -0.2) is 4.79 Å². The molecule has 0 radical (unpaired) electrons. The van der Waals surface area contributed by atoms with Crippen molar-refractivity contribution in [3.63, 3.8) is 0 Å². The van der Waals surface area contributed by atoms with E-state index in [1.54, 1.807) is 17.2 Å². The Labute approximate surface area is 95.0 Å². The Balaban J connectivity index is 2.47. The Morgan fingerprint density at radius 2 is 2.56 bits per heavy atom. The van der Waals surface area contributed by atoms with Crippen LogP contribution in [0.3, 0.4) is 0 Å². The molecule has 0 aromatic heterocycles. The topological polar surface area (TPSA) is 51.1 Å². The number of rotatable bonds is 4. The van der Waals surface area contributed by atoms with Crippen LogP contribution in [0.1, 0.15) is 6.42 Å². The van der Waals surface area contributed by atoms with Crippen LogP contribution in [0.4, 0.5) is 4.79 Å². The molecule has 5 nitrogen and oxygen atoms in total. The van der Waals surface area contributed by atoms with Crippen LogP contribution in [0.15, 0.2) is 29.5 Å². The monoisotopic (exact) mass is 224 g/mol. The minimum Gasteiger partial charge on any atom is -0.445 e. The number of carbonyl (C=O) groups is 1. The fourth-order valence-electron chi connectivity index (χ4n) is 1.36. The quantitative estimate of drug-likeness (QED) is 0.414. The first-order chi connectivity index (χ1) is 7.77. The van der Waals surface area contributed by atoms with Crippen molar-refractivity contribution in [2.24, 2.45) is 5.16 Å². The Morgan fingerprint density at radius 3 is 3.25 bits per heavy atom. The molecule has 0 fully saturated rings. The molecule has 0 bridgehead atoms. The van der Waals surface area contributed by atoms with Crippen LogP contribution in [0.2, 0.25) is 0 Å². The average molecular weight is 224 g/mol. The van der Waals surface area contributed by atoms with E-state index in [1.165, 1.54) is 7.11 Å². The highest BCUT2D eigenvalue weighted by molar-refractivity contribution is 5.80. The summed E-state index contributed by atoms with van der Waals surface area (Å²) in [6, 6.07) is 0. The van der Waals surface area contributed by atoms with Gasteiger partial charge in [0, 0.05) is 6.54 Å². The summed E-state index contributed by atoms with van der Waals surface area (Å²) in [5, 5.41) is 3.66. The van der Waals surface area contributed by atoms with E-state index in [9.17, 15) is 4.79 Å². The second kappa shape index (κ2) is 6.66. The summed E-state index contributed by atoms with van der Waals surface area (Å²) in [5.41, 5.74) is 0.948. The van der Waals surface area contributed by atoms with Crippen molar-refractivity contribution >= 4 is 12.3 Å². The molecule has 16 heavy (non-hydrogen) atoms. The van der Waals surface area contributed by atoms with E-state index in [2.05, 4.69) is 16.6 Å². The van der Waals surface area contributed by atoms with Crippen molar-refractivity contribution in [2.75, 3.05) is 26.8 Å². The summed E-state index contributed by atoms with van der Waals surface area (Å²) in [5.74, 6) is 0. The van der Waals surface area contributed by atoms with Gasteiger partial charge in [-0.15, -0.1) is 0 Å². The molecule has 0 saturated heterocycles. The molecule has 1 amide bonds. The van der Waals surface area contributed by atoms with Gasteiger partial charge in [0.05, 0.1) is 12.8 Å². The molecule has 1 aliphatic rings. The number of hydrogen-bond donors (Lipinski definition) is 0. The number of amides is 1. The summed E-state index contributed by atoms with van der Waals surface area (Å²) >= 11 is 0. The SMILES string of the molecule is C=CCOC(=O)N1CCC=C(/C=N/OC)C1. The summed E-state index contributed by atoms with van der Waals surface area (Å²) in [6.07, 6.45) is 5.66. The van der Waals surface area contributed by atoms with Crippen LogP contribution in [0.25, 0.3) is 0 Å². The fourth-order valence-corrected chi connectivity index (χ4v) is 1.36. The maximum absolute atomic E-state index is 11.5. The lowest BCUT2D eigenvalue weighted by Crippen LogP contribution is -2.36. The lowest BCUT2D eigenvalue weighted by atomic mass is 10.1. The van der Waals surface area contributed by atoms with E-state index >= 15 is 0 Å². The zero-order valence-corrected chi connectivity index (χ0v) is 9.39. The largest absolute Gasteiger partial charge is 0.445 e. The summed E-state index contributed by atoms with van der Waals surface area (Å²) in [4.78, 5) is 17.7. The summed E-state index contributed by atoms with van der Waals surface area (Å²) in [7, 11) is 1.48. The highest BCUT2D eigenvalue weighted by Gasteiger charge is 2.18. The van der Waals surface area contributed by atoms with Gasteiger partial charge in [0.15, 0.2) is 0 Å². The molecule has 88 valence electrons. The van der Waals surface area contributed by atoms with Gasteiger partial charge in [-0.2, -0.15) is 0 Å². The fraction of sp³-hybridized carbons (Fsp3) is 0.455. The molecule has 0 aromatic rings. The zero-order valence-electron chi connectivity index (χ0n) is 9.39. The first kappa shape index (κ1) is 12.3. The average Bonchev–Trinajstić information content (AvgIpc) is 2.33. The number of hydrogen-bond acceptors (Lipinski definition) is 4. The molecule has 1 heterocycles. The van der Waals surface area contributed by atoms with Crippen LogP contribution in [-0.4, -0.2) is 44.0 Å². The number of carbonyl (C=O) groups excluding carboxylic acids is 1. The zero-order chi connectivity index (χ0) is 11.8. The van der Waals surface area contributed by atoms with Crippen molar-refractivity contribution in [2.45, 2.75) is 6.42 Å². The molecule has 0 aromatic carbocycles. The maximum atomic E-state index is 11.5. The van der Waals surface area contributed by atoms with Crippen molar-refractivity contribution < 1.29 is 14.4 Å². The second-order valence-electron chi connectivity index (χ2n) is 3.27. The highest BCUT2D eigenvalue weighted by atomic mass is 16.6. The summed E-state index contributed by atoms with van der Waals surface area (Å²) < 4.78 is 4.95. The van der Waals surface area contributed by atoms with Gasteiger partial charge in [0.1, 0.15) is 13.7 Å². The number of oxime groups is 1. The van der Waals surface area contributed by atoms with Crippen molar-refractivity contribution in [3.8, 4) is 0 Å². The molecular weight excluding hydrogens is 208 g/mol. The van der Waals surface area contributed by atoms with Crippen molar-refractivity contribution in [3.05, 3.63) is 24.3 Å². The van der Waals surface area contributed by atoms with Crippen LogP contribution in [0, 0.1) is 0 Å². The standard InChI is InChI=1S/C11H16N2O3/c1-3-7-16-11(14)13-6-4-5-10(9-13)8-12-15-2/h3,5,8H,1,4,6-7,9H2,2H3/b12-8+. The normalized spacial score (nSPS) is 15.8. The predicted octanol–water partition coefficient (Wildman–Crippen LogP) is 1.57. The lowest BCUT2D eigenvalue weighted by Gasteiger charge is -2.24. The minimum absolute atomic E-state index is 0.237. The summed E-state index contributed by atoms with van der Waals surface area (Å²) in [6.45, 7) is 4.89. The Hall–Kier alpha value is -1.78. The molecular formula is C11H16N2O3. The first-order valence-corrected chi connectivity index (χ1v) is 5.06. The van der Waals surface area contributed by atoms with Crippen molar-refractivity contribution in [1.82, 2.24) is 4.90 Å². The molecule has 0 unspecified atom stereocenters. The third-order valence-electron chi connectivity index (χ3n) is 2.09. The van der Waals surface area contributed by atoms with E-state index < -0.39 is 0 Å². The predicted molar refractivity (Wildman–Crippen MR) is 61.3 cm³/mol. The van der Waals surface area contributed by atoms with Gasteiger partial charge in [0.25, 0.3) is 0 Å². The molecule has 0 aliphatic carbocycles. The van der Waals surface area contributed by atoms with E-state index in [-0.39, 0.29) is 12.7 Å². The Morgan fingerprint density at radius 1 is 1.75 bits per heavy atom. The Bertz CT molecular complexity index is 310. The van der Waals surface area contributed by atoms with E-state index in [4.69, 9.17) is 4.74 Å². The third kappa shape index (κ3) is 3.76. The number of nitrogens with zero attached hydrogens (tertiary/aromatic N) is 2. The maximum Gasteiger partial charge on any atom is 0.410 e. The van der Waals surface area contributed by atoms with Crippen LogP contribution >= 0.6 is 0 Å². The van der Waals surface area contributed by atoms with Crippen molar-refractivity contribution in [1.29, 1.82) is 0 Å². The second-order valence-corrected chi connectivity index (χ2v) is 3.27. The minimum atomic E-state index is -0.323. The van der Waals surface area contributed by atoms with Crippen LogP contribution in [0.5, 0.6) is 0 Å². The number of ether oxygens (including phenoxy) is 1. The van der Waals surface area contributed by atoms with E-state index in [0.717, 1.165) is 12.0 Å². The third-order valence-corrected chi connectivity index (χ3v) is 2.09. The lowest BCUT2D eigenvalue weighted by molar-refractivity contribution is 0.115.